The standard InChI is InChI=1S/C13H16N4O/c1-2-10(18-9-1)5-6-15-12-4-3-11-13(17-12)16-8-7-14-11/h3-4,7-8,10H,1-2,5-6,9H2,(H,15,16,17). The van der Waals surface area contributed by atoms with Gasteiger partial charge in [0.1, 0.15) is 11.3 Å². The smallest absolute Gasteiger partial charge is 0.180 e. The number of anilines is 1. The summed E-state index contributed by atoms with van der Waals surface area (Å²) in [6.45, 7) is 1.79. The van der Waals surface area contributed by atoms with E-state index < -0.39 is 0 Å². The van der Waals surface area contributed by atoms with Crippen molar-refractivity contribution in [1.29, 1.82) is 0 Å². The lowest BCUT2D eigenvalue weighted by Crippen LogP contribution is -2.13. The maximum atomic E-state index is 5.58. The van der Waals surface area contributed by atoms with E-state index in [-0.39, 0.29) is 0 Å². The monoisotopic (exact) mass is 244 g/mol. The Morgan fingerprint density at radius 2 is 2.22 bits per heavy atom. The summed E-state index contributed by atoms with van der Waals surface area (Å²) in [4.78, 5) is 12.8. The molecule has 0 amide bonds. The first-order valence-electron chi connectivity index (χ1n) is 6.35. The van der Waals surface area contributed by atoms with E-state index in [2.05, 4.69) is 20.3 Å². The molecule has 18 heavy (non-hydrogen) atoms. The van der Waals surface area contributed by atoms with Gasteiger partial charge in [0, 0.05) is 25.5 Å². The number of pyridine rings is 1. The molecule has 2 aromatic heterocycles. The molecule has 5 nitrogen and oxygen atoms in total. The SMILES string of the molecule is c1cnc2nc(NCCC3CCCO3)ccc2n1. The first-order valence-corrected chi connectivity index (χ1v) is 6.35. The van der Waals surface area contributed by atoms with E-state index in [0.29, 0.717) is 11.8 Å². The second-order valence-corrected chi connectivity index (χ2v) is 4.45. The lowest BCUT2D eigenvalue weighted by Gasteiger charge is -2.10. The van der Waals surface area contributed by atoms with Crippen LogP contribution in [-0.4, -0.2) is 34.2 Å². The Morgan fingerprint density at radius 3 is 3.11 bits per heavy atom. The van der Waals surface area contributed by atoms with Gasteiger partial charge in [-0.1, -0.05) is 0 Å². The first-order chi connectivity index (χ1) is 8.92. The predicted octanol–water partition coefficient (Wildman–Crippen LogP) is 2.01. The topological polar surface area (TPSA) is 59.9 Å². The lowest BCUT2D eigenvalue weighted by molar-refractivity contribution is 0.107. The Bertz CT molecular complexity index is 525. The van der Waals surface area contributed by atoms with Gasteiger partial charge in [-0.15, -0.1) is 0 Å². The minimum Gasteiger partial charge on any atom is -0.378 e. The van der Waals surface area contributed by atoms with Crippen LogP contribution in [0, 0.1) is 0 Å². The molecule has 1 N–H and O–H groups in total. The van der Waals surface area contributed by atoms with Crippen LogP contribution < -0.4 is 5.32 Å². The fraction of sp³-hybridized carbons (Fsp3) is 0.462. The van der Waals surface area contributed by atoms with Crippen LogP contribution in [0.25, 0.3) is 11.2 Å². The molecule has 1 saturated heterocycles. The summed E-state index contributed by atoms with van der Waals surface area (Å²) in [5.74, 6) is 0.848. The fourth-order valence-electron chi connectivity index (χ4n) is 2.19. The zero-order chi connectivity index (χ0) is 12.2. The largest absolute Gasteiger partial charge is 0.378 e. The van der Waals surface area contributed by atoms with Crippen LogP contribution in [0.15, 0.2) is 24.5 Å². The number of fused-ring (bicyclic) bond motifs is 1. The lowest BCUT2D eigenvalue weighted by atomic mass is 10.2. The molecule has 1 aliphatic rings. The summed E-state index contributed by atoms with van der Waals surface area (Å²) in [5.41, 5.74) is 1.50. The van der Waals surface area contributed by atoms with Crippen LogP contribution in [-0.2, 0) is 4.74 Å². The molecule has 2 aromatic rings. The summed E-state index contributed by atoms with van der Waals surface area (Å²) >= 11 is 0. The van der Waals surface area contributed by atoms with E-state index >= 15 is 0 Å². The maximum absolute atomic E-state index is 5.58. The number of rotatable bonds is 4. The quantitative estimate of drug-likeness (QED) is 0.891. The molecule has 94 valence electrons. The molecule has 5 heteroatoms. The van der Waals surface area contributed by atoms with Crippen LogP contribution in [0.5, 0.6) is 0 Å². The highest BCUT2D eigenvalue weighted by Gasteiger charge is 2.14. The Balaban J connectivity index is 1.60. The van der Waals surface area contributed by atoms with Gasteiger partial charge in [-0.25, -0.2) is 9.97 Å². The first kappa shape index (κ1) is 11.3. The zero-order valence-electron chi connectivity index (χ0n) is 10.2. The molecule has 0 aromatic carbocycles. The van der Waals surface area contributed by atoms with Gasteiger partial charge >= 0.3 is 0 Å². The zero-order valence-corrected chi connectivity index (χ0v) is 10.2. The number of hydrogen-bond acceptors (Lipinski definition) is 5. The molecule has 0 spiro atoms. The van der Waals surface area contributed by atoms with Crippen LogP contribution in [0.4, 0.5) is 5.82 Å². The molecule has 0 aliphatic carbocycles. The molecular weight excluding hydrogens is 228 g/mol. The molecule has 1 atom stereocenters. The normalized spacial score (nSPS) is 19.2. The maximum Gasteiger partial charge on any atom is 0.180 e. The van der Waals surface area contributed by atoms with E-state index in [1.54, 1.807) is 12.4 Å². The molecule has 0 radical (unpaired) electrons. The van der Waals surface area contributed by atoms with Crippen molar-refractivity contribution in [3.63, 3.8) is 0 Å². The van der Waals surface area contributed by atoms with Crippen molar-refractivity contribution in [2.45, 2.75) is 25.4 Å². The Labute approximate surface area is 106 Å². The molecule has 0 saturated carbocycles. The van der Waals surface area contributed by atoms with Gasteiger partial charge in [0.2, 0.25) is 0 Å². The Morgan fingerprint density at radius 1 is 1.28 bits per heavy atom. The van der Waals surface area contributed by atoms with Gasteiger partial charge in [-0.05, 0) is 31.4 Å². The number of nitrogens with one attached hydrogen (secondary N) is 1. The van der Waals surface area contributed by atoms with Crippen molar-refractivity contribution in [3.05, 3.63) is 24.5 Å². The van der Waals surface area contributed by atoms with Gasteiger partial charge in [0.25, 0.3) is 0 Å². The average molecular weight is 244 g/mol. The number of hydrogen-bond donors (Lipinski definition) is 1. The van der Waals surface area contributed by atoms with Gasteiger partial charge in [-0.3, -0.25) is 4.98 Å². The second kappa shape index (κ2) is 5.27. The number of ether oxygens (including phenoxy) is 1. The van der Waals surface area contributed by atoms with E-state index in [0.717, 1.165) is 30.9 Å². The van der Waals surface area contributed by atoms with Gasteiger partial charge < -0.3 is 10.1 Å². The van der Waals surface area contributed by atoms with Gasteiger partial charge in [0.15, 0.2) is 5.65 Å². The van der Waals surface area contributed by atoms with Crippen LogP contribution in [0.1, 0.15) is 19.3 Å². The van der Waals surface area contributed by atoms with Gasteiger partial charge in [-0.2, -0.15) is 0 Å². The van der Waals surface area contributed by atoms with Crippen molar-refractivity contribution in [2.24, 2.45) is 0 Å². The van der Waals surface area contributed by atoms with Crippen LogP contribution in [0.2, 0.25) is 0 Å². The average Bonchev–Trinajstić information content (AvgIpc) is 2.92. The fourth-order valence-corrected chi connectivity index (χ4v) is 2.19. The third kappa shape index (κ3) is 2.56. The minimum absolute atomic E-state index is 0.415. The highest BCUT2D eigenvalue weighted by atomic mass is 16.5. The van der Waals surface area contributed by atoms with Crippen molar-refractivity contribution in [3.8, 4) is 0 Å². The van der Waals surface area contributed by atoms with E-state index in [4.69, 9.17) is 4.74 Å². The minimum atomic E-state index is 0.415. The van der Waals surface area contributed by atoms with Gasteiger partial charge in [0.05, 0.1) is 6.10 Å². The summed E-state index contributed by atoms with van der Waals surface area (Å²) in [7, 11) is 0. The Hall–Kier alpha value is -1.75. The van der Waals surface area contributed by atoms with E-state index in [9.17, 15) is 0 Å². The third-order valence-corrected chi connectivity index (χ3v) is 3.13. The molecule has 0 bridgehead atoms. The van der Waals surface area contributed by atoms with Crippen molar-refractivity contribution in [1.82, 2.24) is 15.0 Å². The highest BCUT2D eigenvalue weighted by Crippen LogP contribution is 2.16. The molecule has 3 rings (SSSR count). The predicted molar refractivity (Wildman–Crippen MR) is 69.4 cm³/mol. The van der Waals surface area contributed by atoms with Crippen LogP contribution in [0.3, 0.4) is 0 Å². The molecule has 1 fully saturated rings. The van der Waals surface area contributed by atoms with E-state index in [1.807, 2.05) is 12.1 Å². The molecule has 1 aliphatic heterocycles. The molecular formula is C13H16N4O. The van der Waals surface area contributed by atoms with Crippen molar-refractivity contribution < 1.29 is 4.74 Å². The highest BCUT2D eigenvalue weighted by molar-refractivity contribution is 5.71. The second-order valence-electron chi connectivity index (χ2n) is 4.45. The number of nitrogens with zero attached hydrogens (tertiary/aromatic N) is 3. The summed E-state index contributed by atoms with van der Waals surface area (Å²) in [6, 6.07) is 3.87. The summed E-state index contributed by atoms with van der Waals surface area (Å²) < 4.78 is 5.58. The van der Waals surface area contributed by atoms with Crippen molar-refractivity contribution >= 4 is 17.0 Å². The molecule has 1 unspecified atom stereocenters. The van der Waals surface area contributed by atoms with E-state index in [1.165, 1.54) is 12.8 Å². The molecule has 3 heterocycles. The third-order valence-electron chi connectivity index (χ3n) is 3.13. The van der Waals surface area contributed by atoms with Crippen LogP contribution >= 0.6 is 0 Å². The van der Waals surface area contributed by atoms with Crippen molar-refractivity contribution in [2.75, 3.05) is 18.5 Å². The summed E-state index contributed by atoms with van der Waals surface area (Å²) in [5, 5.41) is 3.30. The number of aromatic nitrogens is 3. The Kier molecular flexibility index (Phi) is 3.32. The summed E-state index contributed by atoms with van der Waals surface area (Å²) in [6.07, 6.45) is 7.14.